The van der Waals surface area contributed by atoms with Crippen molar-refractivity contribution in [1.29, 1.82) is 0 Å². The van der Waals surface area contributed by atoms with E-state index in [9.17, 15) is 9.90 Å². The molecule has 144 valence electrons. The van der Waals surface area contributed by atoms with Crippen LogP contribution in [0.25, 0.3) is 6.08 Å². The highest BCUT2D eigenvalue weighted by Crippen LogP contribution is 2.21. The van der Waals surface area contributed by atoms with E-state index in [4.69, 9.17) is 9.84 Å². The molecule has 0 unspecified atom stereocenters. The van der Waals surface area contributed by atoms with Crippen molar-refractivity contribution in [3.8, 4) is 11.5 Å². The Morgan fingerprint density at radius 3 is 2.48 bits per heavy atom. The van der Waals surface area contributed by atoms with Crippen molar-refractivity contribution in [2.45, 2.75) is 39.0 Å². The van der Waals surface area contributed by atoms with Crippen molar-refractivity contribution in [3.63, 3.8) is 0 Å². The SMILES string of the molecule is CCOc1ccc(C(=O)C=Cc2ccc(O)cc2CCCCCCO)cc1. The van der Waals surface area contributed by atoms with E-state index >= 15 is 0 Å². The Kier molecular flexibility index (Phi) is 8.59. The van der Waals surface area contributed by atoms with E-state index in [0.717, 1.165) is 49.0 Å². The van der Waals surface area contributed by atoms with E-state index in [1.165, 1.54) is 0 Å². The van der Waals surface area contributed by atoms with Crippen LogP contribution < -0.4 is 4.74 Å². The predicted molar refractivity (Wildman–Crippen MR) is 108 cm³/mol. The number of aliphatic hydroxyl groups excluding tert-OH is 1. The van der Waals surface area contributed by atoms with Crippen LogP contribution in [-0.2, 0) is 6.42 Å². The maximum absolute atomic E-state index is 12.4. The number of benzene rings is 2. The molecule has 0 spiro atoms. The molecule has 4 heteroatoms. The van der Waals surface area contributed by atoms with Crippen LogP contribution in [0.3, 0.4) is 0 Å². The van der Waals surface area contributed by atoms with Crippen LogP contribution in [0.5, 0.6) is 11.5 Å². The van der Waals surface area contributed by atoms with Gasteiger partial charge in [0.2, 0.25) is 0 Å². The molecule has 2 aromatic rings. The first-order chi connectivity index (χ1) is 13.1. The number of aryl methyl sites for hydroxylation is 1. The van der Waals surface area contributed by atoms with Gasteiger partial charge in [0.1, 0.15) is 11.5 Å². The van der Waals surface area contributed by atoms with Crippen molar-refractivity contribution in [2.24, 2.45) is 0 Å². The van der Waals surface area contributed by atoms with Crippen LogP contribution in [-0.4, -0.2) is 29.2 Å². The van der Waals surface area contributed by atoms with Gasteiger partial charge in [0.25, 0.3) is 0 Å². The fraction of sp³-hybridized carbons (Fsp3) is 0.348. The largest absolute Gasteiger partial charge is 0.508 e. The summed E-state index contributed by atoms with van der Waals surface area (Å²) in [5.74, 6) is 0.912. The maximum Gasteiger partial charge on any atom is 0.185 e. The molecule has 0 saturated carbocycles. The highest BCUT2D eigenvalue weighted by atomic mass is 16.5. The average Bonchev–Trinajstić information content (AvgIpc) is 2.68. The lowest BCUT2D eigenvalue weighted by molar-refractivity contribution is 0.104. The van der Waals surface area contributed by atoms with Gasteiger partial charge in [-0.05, 0) is 79.8 Å². The molecule has 0 saturated heterocycles. The number of aliphatic hydroxyl groups is 1. The second-order valence-electron chi connectivity index (χ2n) is 6.43. The zero-order chi connectivity index (χ0) is 19.5. The predicted octanol–water partition coefficient (Wildman–Crippen LogP) is 4.78. The molecule has 4 nitrogen and oxygen atoms in total. The number of phenolic OH excluding ortho intramolecular Hbond substituents is 1. The van der Waals surface area contributed by atoms with Gasteiger partial charge in [0.05, 0.1) is 6.61 Å². The highest BCUT2D eigenvalue weighted by Gasteiger charge is 2.05. The number of rotatable bonds is 11. The zero-order valence-electron chi connectivity index (χ0n) is 15.9. The first-order valence-corrected chi connectivity index (χ1v) is 9.52. The number of unbranched alkanes of at least 4 members (excludes halogenated alkanes) is 3. The smallest absolute Gasteiger partial charge is 0.185 e. The Hall–Kier alpha value is -2.59. The number of allylic oxidation sites excluding steroid dienone is 1. The summed E-state index contributed by atoms with van der Waals surface area (Å²) in [7, 11) is 0. The second-order valence-corrected chi connectivity index (χ2v) is 6.43. The monoisotopic (exact) mass is 368 g/mol. The van der Waals surface area contributed by atoms with Gasteiger partial charge in [-0.2, -0.15) is 0 Å². The maximum atomic E-state index is 12.4. The minimum absolute atomic E-state index is 0.0694. The van der Waals surface area contributed by atoms with Gasteiger partial charge in [-0.25, -0.2) is 0 Å². The highest BCUT2D eigenvalue weighted by molar-refractivity contribution is 6.06. The summed E-state index contributed by atoms with van der Waals surface area (Å²) in [5, 5.41) is 18.6. The number of ether oxygens (including phenoxy) is 1. The molecule has 27 heavy (non-hydrogen) atoms. The standard InChI is InChI=1S/C23H28O4/c1-2-27-22-13-9-19(10-14-22)23(26)15-11-18-8-12-21(25)17-20(18)7-5-3-4-6-16-24/h8-15,17,24-25H,2-7,16H2,1H3. The number of carbonyl (C=O) groups excluding carboxylic acids is 1. The number of aromatic hydroxyl groups is 1. The van der Waals surface area contributed by atoms with Gasteiger partial charge < -0.3 is 14.9 Å². The number of ketones is 1. The molecule has 0 heterocycles. The lowest BCUT2D eigenvalue weighted by Crippen LogP contribution is -1.96. The Balaban J connectivity index is 2.03. The van der Waals surface area contributed by atoms with Crippen LogP contribution in [0.1, 0.15) is 54.1 Å². The summed E-state index contributed by atoms with van der Waals surface area (Å²) in [4.78, 5) is 12.4. The summed E-state index contributed by atoms with van der Waals surface area (Å²) in [6.45, 7) is 2.74. The second kappa shape index (κ2) is 11.2. The van der Waals surface area contributed by atoms with Crippen molar-refractivity contribution in [3.05, 3.63) is 65.2 Å². The molecule has 0 aliphatic rings. The molecule has 0 fully saturated rings. The van der Waals surface area contributed by atoms with Gasteiger partial charge in [-0.3, -0.25) is 4.79 Å². The molecule has 0 atom stereocenters. The number of hydrogen-bond acceptors (Lipinski definition) is 4. The fourth-order valence-electron chi connectivity index (χ4n) is 2.90. The van der Waals surface area contributed by atoms with Gasteiger partial charge in [0, 0.05) is 12.2 Å². The molecule has 2 N–H and O–H groups in total. The minimum Gasteiger partial charge on any atom is -0.508 e. The van der Waals surface area contributed by atoms with Gasteiger partial charge in [-0.1, -0.05) is 25.0 Å². The van der Waals surface area contributed by atoms with E-state index in [0.29, 0.717) is 12.2 Å². The van der Waals surface area contributed by atoms with E-state index in [-0.39, 0.29) is 18.1 Å². The van der Waals surface area contributed by atoms with Crippen molar-refractivity contribution in [2.75, 3.05) is 13.2 Å². The molecular weight excluding hydrogens is 340 g/mol. The molecule has 2 rings (SSSR count). The molecule has 0 aromatic heterocycles. The Morgan fingerprint density at radius 1 is 1.04 bits per heavy atom. The lowest BCUT2D eigenvalue weighted by atomic mass is 9.99. The molecule has 2 aromatic carbocycles. The summed E-state index contributed by atoms with van der Waals surface area (Å²) < 4.78 is 5.39. The third kappa shape index (κ3) is 6.91. The zero-order valence-corrected chi connectivity index (χ0v) is 15.9. The molecule has 0 aliphatic heterocycles. The van der Waals surface area contributed by atoms with Crippen LogP contribution >= 0.6 is 0 Å². The summed E-state index contributed by atoms with van der Waals surface area (Å²) in [5.41, 5.74) is 2.57. The van der Waals surface area contributed by atoms with Gasteiger partial charge in [0.15, 0.2) is 5.78 Å². The number of phenols is 1. The fourth-order valence-corrected chi connectivity index (χ4v) is 2.90. The van der Waals surface area contributed by atoms with Gasteiger partial charge >= 0.3 is 0 Å². The Morgan fingerprint density at radius 2 is 1.78 bits per heavy atom. The topological polar surface area (TPSA) is 66.8 Å². The van der Waals surface area contributed by atoms with Crippen LogP contribution in [0.2, 0.25) is 0 Å². The average molecular weight is 368 g/mol. The molecule has 0 radical (unpaired) electrons. The molecule has 0 amide bonds. The first-order valence-electron chi connectivity index (χ1n) is 9.52. The Labute approximate surface area is 161 Å². The third-order valence-corrected chi connectivity index (χ3v) is 4.34. The molecule has 0 bridgehead atoms. The first kappa shape index (κ1) is 20.7. The van der Waals surface area contributed by atoms with E-state index in [1.807, 2.05) is 13.0 Å². The van der Waals surface area contributed by atoms with Gasteiger partial charge in [-0.15, -0.1) is 0 Å². The number of hydrogen-bond donors (Lipinski definition) is 2. The molecular formula is C23H28O4. The lowest BCUT2D eigenvalue weighted by Gasteiger charge is -2.07. The quantitative estimate of drug-likeness (QED) is 0.340. The number of carbonyl (C=O) groups is 1. The normalized spacial score (nSPS) is 11.0. The van der Waals surface area contributed by atoms with Crippen LogP contribution in [0, 0.1) is 0 Å². The van der Waals surface area contributed by atoms with Crippen molar-refractivity contribution in [1.82, 2.24) is 0 Å². The molecule has 0 aliphatic carbocycles. The van der Waals surface area contributed by atoms with E-state index in [1.54, 1.807) is 48.6 Å². The summed E-state index contributed by atoms with van der Waals surface area (Å²) in [6.07, 6.45) is 8.04. The minimum atomic E-state index is -0.0694. The van der Waals surface area contributed by atoms with E-state index in [2.05, 4.69) is 0 Å². The van der Waals surface area contributed by atoms with Crippen LogP contribution in [0.15, 0.2) is 48.5 Å². The van der Waals surface area contributed by atoms with Crippen LogP contribution in [0.4, 0.5) is 0 Å². The van der Waals surface area contributed by atoms with Crippen molar-refractivity contribution < 1.29 is 19.7 Å². The van der Waals surface area contributed by atoms with Crippen molar-refractivity contribution >= 4 is 11.9 Å². The van der Waals surface area contributed by atoms with E-state index < -0.39 is 0 Å². The summed E-state index contributed by atoms with van der Waals surface area (Å²) in [6, 6.07) is 12.3. The Bertz CT molecular complexity index is 747. The third-order valence-electron chi connectivity index (χ3n) is 4.34. The summed E-state index contributed by atoms with van der Waals surface area (Å²) >= 11 is 0.